The van der Waals surface area contributed by atoms with Crippen LogP contribution in [0.25, 0.3) is 0 Å². The number of rotatable bonds is 1. The maximum atomic E-state index is 13.6. The highest BCUT2D eigenvalue weighted by atomic mass is 16.5. The fourth-order valence-corrected chi connectivity index (χ4v) is 6.07. The van der Waals surface area contributed by atoms with Gasteiger partial charge in [0.15, 0.2) is 0 Å². The van der Waals surface area contributed by atoms with Gasteiger partial charge in [-0.15, -0.1) is 0 Å². The summed E-state index contributed by atoms with van der Waals surface area (Å²) in [6.45, 7) is 1.37. The molecule has 2 aliphatic heterocycles. The van der Waals surface area contributed by atoms with E-state index in [1.165, 1.54) is 0 Å². The van der Waals surface area contributed by atoms with Crippen LogP contribution in [0.15, 0.2) is 18.2 Å². The summed E-state index contributed by atoms with van der Waals surface area (Å²) in [5, 5.41) is 9.43. The van der Waals surface area contributed by atoms with Gasteiger partial charge in [0, 0.05) is 47.1 Å². The molecule has 196 valence electrons. The van der Waals surface area contributed by atoms with Gasteiger partial charge in [0.2, 0.25) is 5.91 Å². The van der Waals surface area contributed by atoms with Gasteiger partial charge >= 0.3 is 0 Å². The Bertz CT molecular complexity index is 984. The Hall–Kier alpha value is -2.63. The van der Waals surface area contributed by atoms with Crippen molar-refractivity contribution >= 4 is 11.8 Å². The van der Waals surface area contributed by atoms with Crippen LogP contribution in [0, 0.1) is 16.7 Å². The quantitative estimate of drug-likeness (QED) is 0.587. The zero-order chi connectivity index (χ0) is 25.7. The molecule has 1 saturated carbocycles. The first-order chi connectivity index (χ1) is 17.3. The lowest BCUT2D eigenvalue weighted by Gasteiger charge is -2.42. The van der Waals surface area contributed by atoms with E-state index in [1.54, 1.807) is 42.2 Å². The molecule has 3 atom stereocenters. The van der Waals surface area contributed by atoms with Gasteiger partial charge < -0.3 is 24.0 Å². The molecule has 1 aliphatic carbocycles. The monoisotopic (exact) mass is 497 g/mol. The maximum absolute atomic E-state index is 13.6. The summed E-state index contributed by atoms with van der Waals surface area (Å²) in [7, 11) is 5.34. The second-order valence-electron chi connectivity index (χ2n) is 10.8. The average molecular weight is 498 g/mol. The van der Waals surface area contributed by atoms with Gasteiger partial charge in [-0.25, -0.2) is 0 Å². The number of carbonyl (C=O) groups excluding carboxylic acids is 2. The van der Waals surface area contributed by atoms with Crippen LogP contribution in [0.2, 0.25) is 0 Å². The SMILES string of the molecule is CO[C@H]1CC[C@H]2CCOc3ccc(C#N)cc3C(=O)N(C)CC3(CCCCC3)CC(=O)N(C)C[C@@H]1O2. The fourth-order valence-electron chi connectivity index (χ4n) is 6.07. The van der Waals surface area contributed by atoms with Gasteiger partial charge in [-0.3, -0.25) is 9.59 Å². The number of benzene rings is 1. The summed E-state index contributed by atoms with van der Waals surface area (Å²) in [5.74, 6) is 0.381. The minimum atomic E-state index is -0.268. The molecule has 0 radical (unpaired) electrons. The number of ether oxygens (including phenoxy) is 3. The third-order valence-corrected chi connectivity index (χ3v) is 8.13. The van der Waals surface area contributed by atoms with Crippen LogP contribution in [0.4, 0.5) is 0 Å². The van der Waals surface area contributed by atoms with Crippen LogP contribution in [0.3, 0.4) is 0 Å². The molecule has 4 rings (SSSR count). The van der Waals surface area contributed by atoms with Gasteiger partial charge in [-0.2, -0.15) is 5.26 Å². The minimum Gasteiger partial charge on any atom is -0.493 e. The average Bonchev–Trinajstić information content (AvgIpc) is 2.88. The van der Waals surface area contributed by atoms with Gasteiger partial charge in [-0.05, 0) is 49.3 Å². The summed E-state index contributed by atoms with van der Waals surface area (Å²) in [6.07, 6.45) is 7.61. The predicted molar refractivity (Wildman–Crippen MR) is 135 cm³/mol. The van der Waals surface area contributed by atoms with Crippen LogP contribution in [-0.2, 0) is 14.3 Å². The number of fused-ring (bicyclic) bond motifs is 3. The van der Waals surface area contributed by atoms with E-state index in [1.807, 2.05) is 7.05 Å². The molecule has 0 aromatic heterocycles. The van der Waals surface area contributed by atoms with Crippen molar-refractivity contribution in [3.63, 3.8) is 0 Å². The number of likely N-dealkylation sites (N-methyl/N-ethyl adjacent to an activating group) is 1. The summed E-state index contributed by atoms with van der Waals surface area (Å²) in [6, 6.07) is 7.13. The molecule has 1 aromatic rings. The van der Waals surface area contributed by atoms with Gasteiger partial charge in [0.05, 0.1) is 36.0 Å². The second kappa shape index (κ2) is 11.6. The summed E-state index contributed by atoms with van der Waals surface area (Å²) in [4.78, 5) is 30.6. The van der Waals surface area contributed by atoms with Crippen LogP contribution < -0.4 is 4.74 Å². The van der Waals surface area contributed by atoms with E-state index < -0.39 is 0 Å². The van der Waals surface area contributed by atoms with Crippen molar-refractivity contribution in [2.45, 2.75) is 76.1 Å². The molecule has 3 aliphatic rings. The molecular weight excluding hydrogens is 458 g/mol. The minimum absolute atomic E-state index is 0.0114. The first kappa shape index (κ1) is 26.4. The summed E-state index contributed by atoms with van der Waals surface area (Å²) < 4.78 is 18.2. The highest BCUT2D eigenvalue weighted by Gasteiger charge is 2.39. The number of hydrogen-bond donors (Lipinski definition) is 0. The van der Waals surface area contributed by atoms with Gasteiger partial charge in [0.25, 0.3) is 5.91 Å². The number of carbonyl (C=O) groups is 2. The number of hydrogen-bond acceptors (Lipinski definition) is 6. The van der Waals surface area contributed by atoms with Crippen molar-refractivity contribution in [3.05, 3.63) is 29.3 Å². The lowest BCUT2D eigenvalue weighted by atomic mass is 9.71. The summed E-state index contributed by atoms with van der Waals surface area (Å²) in [5.41, 5.74) is 0.539. The van der Waals surface area contributed by atoms with E-state index in [4.69, 9.17) is 14.2 Å². The topological polar surface area (TPSA) is 92.1 Å². The Morgan fingerprint density at radius 2 is 1.86 bits per heavy atom. The van der Waals surface area contributed by atoms with Crippen LogP contribution >= 0.6 is 0 Å². The van der Waals surface area contributed by atoms with E-state index in [9.17, 15) is 14.9 Å². The van der Waals surface area contributed by atoms with E-state index in [-0.39, 0.29) is 35.5 Å². The molecule has 1 saturated heterocycles. The highest BCUT2D eigenvalue weighted by Crippen LogP contribution is 2.41. The zero-order valence-electron chi connectivity index (χ0n) is 21.8. The Morgan fingerprint density at radius 3 is 2.58 bits per heavy atom. The summed E-state index contributed by atoms with van der Waals surface area (Å²) >= 11 is 0. The number of amides is 2. The molecule has 2 fully saturated rings. The second-order valence-corrected chi connectivity index (χ2v) is 10.8. The first-order valence-electron chi connectivity index (χ1n) is 13.2. The molecule has 0 N–H and O–H groups in total. The molecule has 2 amide bonds. The number of nitrogens with zero attached hydrogens (tertiary/aromatic N) is 3. The number of nitriles is 1. The Balaban J connectivity index is 1.66. The largest absolute Gasteiger partial charge is 0.493 e. The van der Waals surface area contributed by atoms with Crippen molar-refractivity contribution in [1.82, 2.24) is 9.80 Å². The molecule has 1 spiro atoms. The molecule has 36 heavy (non-hydrogen) atoms. The van der Waals surface area contributed by atoms with E-state index in [0.29, 0.717) is 49.4 Å². The number of methoxy groups -OCH3 is 1. The fraction of sp³-hybridized carbons (Fsp3) is 0.679. The van der Waals surface area contributed by atoms with E-state index in [0.717, 1.165) is 44.9 Å². The smallest absolute Gasteiger partial charge is 0.257 e. The predicted octanol–water partition coefficient (Wildman–Crippen LogP) is 3.77. The standard InChI is InChI=1S/C28H39N3O5/c1-30-18-25-24(34-3)10-8-21(36-25)11-14-35-23-9-7-20(17-29)15-22(23)27(33)31(2)19-28(16-26(30)32)12-5-4-6-13-28/h7,9,15,21,24-25H,4-6,8,10-14,16,18-19H2,1-3H3/t21-,24-,25-/m0/s1. The lowest BCUT2D eigenvalue weighted by molar-refractivity contribution is -0.152. The van der Waals surface area contributed by atoms with Crippen molar-refractivity contribution in [2.24, 2.45) is 5.41 Å². The third kappa shape index (κ3) is 6.01. The third-order valence-electron chi connectivity index (χ3n) is 8.13. The van der Waals surface area contributed by atoms with Crippen molar-refractivity contribution < 1.29 is 23.8 Å². The molecule has 8 heteroatoms. The van der Waals surface area contributed by atoms with Crippen molar-refractivity contribution in [1.29, 1.82) is 5.26 Å². The van der Waals surface area contributed by atoms with Crippen LogP contribution in [0.1, 0.15) is 73.7 Å². The van der Waals surface area contributed by atoms with Gasteiger partial charge in [-0.1, -0.05) is 19.3 Å². The molecule has 8 nitrogen and oxygen atoms in total. The van der Waals surface area contributed by atoms with E-state index in [2.05, 4.69) is 6.07 Å². The lowest BCUT2D eigenvalue weighted by Crippen LogP contribution is -2.49. The van der Waals surface area contributed by atoms with Crippen LogP contribution in [0.5, 0.6) is 5.75 Å². The zero-order valence-corrected chi connectivity index (χ0v) is 21.8. The molecule has 2 bridgehead atoms. The Labute approximate surface area is 214 Å². The molecule has 0 unspecified atom stereocenters. The van der Waals surface area contributed by atoms with E-state index >= 15 is 0 Å². The highest BCUT2D eigenvalue weighted by molar-refractivity contribution is 5.97. The molecule has 2 heterocycles. The van der Waals surface area contributed by atoms with Gasteiger partial charge in [0.1, 0.15) is 11.9 Å². The van der Waals surface area contributed by atoms with Crippen LogP contribution in [-0.4, -0.2) is 80.8 Å². The first-order valence-corrected chi connectivity index (χ1v) is 13.2. The van der Waals surface area contributed by atoms with Crippen molar-refractivity contribution in [2.75, 3.05) is 40.9 Å². The molecular formula is C28H39N3O5. The van der Waals surface area contributed by atoms with Crippen molar-refractivity contribution in [3.8, 4) is 11.8 Å². The Kier molecular flexibility index (Phi) is 8.53. The maximum Gasteiger partial charge on any atom is 0.257 e. The Morgan fingerprint density at radius 1 is 1.08 bits per heavy atom. The normalized spacial score (nSPS) is 27.8. The molecule has 1 aromatic carbocycles.